The van der Waals surface area contributed by atoms with Gasteiger partial charge in [0, 0.05) is 16.3 Å². The Balaban J connectivity index is 2.08. The predicted octanol–water partition coefficient (Wildman–Crippen LogP) is 4.23. The topological polar surface area (TPSA) is 52.0 Å². The van der Waals surface area contributed by atoms with Gasteiger partial charge in [0.2, 0.25) is 0 Å². The number of rotatable bonds is 1. The molecule has 2 heterocycles. The number of nitrogens with two attached hydrogens (primary N) is 1. The van der Waals surface area contributed by atoms with Gasteiger partial charge in [0.15, 0.2) is 11.4 Å². The lowest BCUT2D eigenvalue weighted by Crippen LogP contribution is -1.91. The molecule has 96 valence electrons. The Morgan fingerprint density at radius 2 is 1.60 bits per heavy atom. The second-order valence-electron chi connectivity index (χ2n) is 4.73. The average molecular weight is 260 g/mol. The Morgan fingerprint density at radius 1 is 0.850 bits per heavy atom. The molecule has 0 aliphatic carbocycles. The van der Waals surface area contributed by atoms with E-state index in [0.717, 1.165) is 27.6 Å². The van der Waals surface area contributed by atoms with E-state index in [1.165, 1.54) is 0 Å². The third kappa shape index (κ3) is 1.57. The molecule has 3 nitrogen and oxygen atoms in total. The van der Waals surface area contributed by atoms with Gasteiger partial charge in [-0.1, -0.05) is 48.5 Å². The quantitative estimate of drug-likeness (QED) is 0.557. The van der Waals surface area contributed by atoms with Crippen LogP contribution in [0.1, 0.15) is 0 Å². The number of pyridine rings is 1. The summed E-state index contributed by atoms with van der Waals surface area (Å²) in [6.07, 6.45) is 0. The summed E-state index contributed by atoms with van der Waals surface area (Å²) in [6, 6.07) is 20.0. The number of para-hydroxylation sites is 1. The number of fused-ring (bicyclic) bond motifs is 3. The molecule has 0 amide bonds. The van der Waals surface area contributed by atoms with E-state index >= 15 is 0 Å². The molecule has 0 saturated heterocycles. The first-order valence-corrected chi connectivity index (χ1v) is 6.46. The van der Waals surface area contributed by atoms with Gasteiger partial charge in [-0.25, -0.2) is 4.98 Å². The highest BCUT2D eigenvalue weighted by molar-refractivity contribution is 6.08. The van der Waals surface area contributed by atoms with Crippen molar-refractivity contribution in [2.24, 2.45) is 0 Å². The highest BCUT2D eigenvalue weighted by atomic mass is 16.3. The SMILES string of the molecule is Nc1nc2ccccc2c2cc(-c3ccccc3)oc12. The van der Waals surface area contributed by atoms with Crippen LogP contribution in [-0.2, 0) is 0 Å². The molecule has 0 spiro atoms. The van der Waals surface area contributed by atoms with Crippen molar-refractivity contribution < 1.29 is 4.42 Å². The molecule has 2 aromatic heterocycles. The Labute approximate surface area is 115 Å². The van der Waals surface area contributed by atoms with Gasteiger partial charge in [0.25, 0.3) is 0 Å². The second kappa shape index (κ2) is 4.10. The number of anilines is 1. The first-order valence-electron chi connectivity index (χ1n) is 6.46. The number of nitrogen functional groups attached to an aromatic ring is 1. The lowest BCUT2D eigenvalue weighted by atomic mass is 10.1. The van der Waals surface area contributed by atoms with Crippen LogP contribution in [0.15, 0.2) is 65.1 Å². The highest BCUT2D eigenvalue weighted by Crippen LogP contribution is 2.34. The third-order valence-corrected chi connectivity index (χ3v) is 3.46. The summed E-state index contributed by atoms with van der Waals surface area (Å²) in [4.78, 5) is 4.39. The first-order chi connectivity index (χ1) is 9.83. The molecule has 20 heavy (non-hydrogen) atoms. The van der Waals surface area contributed by atoms with Crippen LogP contribution in [0.5, 0.6) is 0 Å². The number of hydrogen-bond donors (Lipinski definition) is 1. The number of benzene rings is 2. The molecule has 0 radical (unpaired) electrons. The fraction of sp³-hybridized carbons (Fsp3) is 0. The number of nitrogens with zero attached hydrogens (tertiary/aromatic N) is 1. The van der Waals surface area contributed by atoms with Gasteiger partial charge in [0.05, 0.1) is 5.52 Å². The minimum absolute atomic E-state index is 0.431. The Morgan fingerprint density at radius 3 is 2.45 bits per heavy atom. The summed E-state index contributed by atoms with van der Waals surface area (Å²) >= 11 is 0. The van der Waals surface area contributed by atoms with Crippen LogP contribution in [0.25, 0.3) is 33.2 Å². The van der Waals surface area contributed by atoms with E-state index in [2.05, 4.69) is 4.98 Å². The van der Waals surface area contributed by atoms with E-state index in [4.69, 9.17) is 10.2 Å². The summed E-state index contributed by atoms with van der Waals surface area (Å²) in [6.45, 7) is 0. The van der Waals surface area contributed by atoms with Crippen LogP contribution >= 0.6 is 0 Å². The van der Waals surface area contributed by atoms with Crippen molar-refractivity contribution in [2.45, 2.75) is 0 Å². The van der Waals surface area contributed by atoms with Crippen LogP contribution in [0, 0.1) is 0 Å². The van der Waals surface area contributed by atoms with Gasteiger partial charge >= 0.3 is 0 Å². The van der Waals surface area contributed by atoms with Crippen molar-refractivity contribution >= 4 is 27.7 Å². The minimum Gasteiger partial charge on any atom is -0.452 e. The fourth-order valence-electron chi connectivity index (χ4n) is 2.51. The summed E-state index contributed by atoms with van der Waals surface area (Å²) in [5.41, 5.74) is 8.59. The maximum absolute atomic E-state index is 6.01. The van der Waals surface area contributed by atoms with Crippen molar-refractivity contribution in [3.63, 3.8) is 0 Å². The van der Waals surface area contributed by atoms with Crippen molar-refractivity contribution in [1.82, 2.24) is 4.98 Å². The van der Waals surface area contributed by atoms with Gasteiger partial charge in [-0.15, -0.1) is 0 Å². The molecule has 2 N–H and O–H groups in total. The smallest absolute Gasteiger partial charge is 0.177 e. The lowest BCUT2D eigenvalue weighted by Gasteiger charge is -2.00. The largest absolute Gasteiger partial charge is 0.452 e. The lowest BCUT2D eigenvalue weighted by molar-refractivity contribution is 0.632. The van der Waals surface area contributed by atoms with Crippen molar-refractivity contribution in [3.8, 4) is 11.3 Å². The number of aromatic nitrogens is 1. The Kier molecular flexibility index (Phi) is 2.27. The standard InChI is InChI=1S/C17H12N2O/c18-17-16-13(12-8-4-5-9-14(12)19-17)10-15(20-16)11-6-2-1-3-7-11/h1-10H,(H2,18,19). The van der Waals surface area contributed by atoms with Crippen molar-refractivity contribution in [1.29, 1.82) is 0 Å². The zero-order valence-corrected chi connectivity index (χ0v) is 10.7. The van der Waals surface area contributed by atoms with Crippen molar-refractivity contribution in [2.75, 3.05) is 5.73 Å². The molecule has 0 aliphatic heterocycles. The third-order valence-electron chi connectivity index (χ3n) is 3.46. The second-order valence-corrected chi connectivity index (χ2v) is 4.73. The van der Waals surface area contributed by atoms with E-state index in [1.807, 2.05) is 60.7 Å². The molecule has 4 aromatic rings. The molecule has 0 saturated carbocycles. The normalized spacial score (nSPS) is 11.2. The van der Waals surface area contributed by atoms with Gasteiger partial charge in [-0.2, -0.15) is 0 Å². The molecule has 0 unspecified atom stereocenters. The Hall–Kier alpha value is -2.81. The predicted molar refractivity (Wildman–Crippen MR) is 81.4 cm³/mol. The van der Waals surface area contributed by atoms with E-state index in [1.54, 1.807) is 0 Å². The molecule has 0 bridgehead atoms. The molecule has 2 aromatic carbocycles. The molecular formula is C17H12N2O. The van der Waals surface area contributed by atoms with Gasteiger partial charge in [0.1, 0.15) is 5.76 Å². The van der Waals surface area contributed by atoms with Crippen LogP contribution in [-0.4, -0.2) is 4.98 Å². The molecule has 3 heteroatoms. The summed E-state index contributed by atoms with van der Waals surface area (Å²) in [5.74, 6) is 1.24. The van der Waals surface area contributed by atoms with Gasteiger partial charge < -0.3 is 10.2 Å². The minimum atomic E-state index is 0.431. The summed E-state index contributed by atoms with van der Waals surface area (Å²) in [7, 11) is 0. The molecule has 0 atom stereocenters. The van der Waals surface area contributed by atoms with Crippen LogP contribution in [0.2, 0.25) is 0 Å². The van der Waals surface area contributed by atoms with Gasteiger partial charge in [-0.05, 0) is 12.1 Å². The summed E-state index contributed by atoms with van der Waals surface area (Å²) < 4.78 is 5.91. The zero-order valence-electron chi connectivity index (χ0n) is 10.7. The molecule has 4 rings (SSSR count). The zero-order chi connectivity index (χ0) is 13.5. The van der Waals surface area contributed by atoms with E-state index in [9.17, 15) is 0 Å². The molecule has 0 aliphatic rings. The summed E-state index contributed by atoms with van der Waals surface area (Å²) in [5, 5.41) is 2.06. The monoisotopic (exact) mass is 260 g/mol. The van der Waals surface area contributed by atoms with Crippen LogP contribution in [0.4, 0.5) is 5.82 Å². The number of hydrogen-bond acceptors (Lipinski definition) is 3. The maximum Gasteiger partial charge on any atom is 0.177 e. The van der Waals surface area contributed by atoms with Crippen LogP contribution < -0.4 is 5.73 Å². The first kappa shape index (κ1) is 11.1. The Bertz CT molecular complexity index is 910. The van der Waals surface area contributed by atoms with Gasteiger partial charge in [-0.3, -0.25) is 0 Å². The molecule has 0 fully saturated rings. The van der Waals surface area contributed by atoms with E-state index in [0.29, 0.717) is 11.4 Å². The average Bonchev–Trinajstić information content (AvgIpc) is 2.94. The number of furan rings is 1. The fourth-order valence-corrected chi connectivity index (χ4v) is 2.51. The maximum atomic E-state index is 6.01. The van der Waals surface area contributed by atoms with Crippen LogP contribution in [0.3, 0.4) is 0 Å². The van der Waals surface area contributed by atoms with E-state index < -0.39 is 0 Å². The van der Waals surface area contributed by atoms with E-state index in [-0.39, 0.29) is 0 Å². The molecular weight excluding hydrogens is 248 g/mol. The van der Waals surface area contributed by atoms with Crippen molar-refractivity contribution in [3.05, 3.63) is 60.7 Å². The highest BCUT2D eigenvalue weighted by Gasteiger charge is 2.12.